The van der Waals surface area contributed by atoms with E-state index in [-0.39, 0.29) is 22.4 Å². The van der Waals surface area contributed by atoms with Crippen molar-refractivity contribution in [2.45, 2.75) is 290 Å². The predicted molar refractivity (Wildman–Crippen MR) is 258 cm³/mol. The van der Waals surface area contributed by atoms with Crippen LogP contribution >= 0.6 is 0 Å². The van der Waals surface area contributed by atoms with Crippen LogP contribution in [0.5, 0.6) is 0 Å². The fourth-order valence-corrected chi connectivity index (χ4v) is 7.79. The molecule has 0 aromatic carbocycles. The minimum absolute atomic E-state index is 0. The monoisotopic (exact) mass is 830 g/mol. The summed E-state index contributed by atoms with van der Waals surface area (Å²) in [5, 5.41) is 0. The number of nitrogens with zero attached hydrogens (tertiary/aromatic N) is 1. The molecule has 0 fully saturated rings. The van der Waals surface area contributed by atoms with Gasteiger partial charge in [-0.3, -0.25) is 19.1 Å². The van der Waals surface area contributed by atoms with E-state index in [0.29, 0.717) is 19.3 Å². The Labute approximate surface area is 367 Å². The van der Waals surface area contributed by atoms with Gasteiger partial charge in [-0.15, -0.1) is 0 Å². The van der Waals surface area contributed by atoms with E-state index in [2.05, 4.69) is 57.2 Å². The zero-order chi connectivity index (χ0) is 42.3. The van der Waals surface area contributed by atoms with Gasteiger partial charge in [0, 0.05) is 19.3 Å². The van der Waals surface area contributed by atoms with Crippen molar-refractivity contribution in [3.05, 3.63) is 36.5 Å². The number of rotatable bonds is 45. The second kappa shape index (κ2) is 50.3. The number of carbonyl (C=O) groups is 3. The Morgan fingerprint density at radius 3 is 0.644 bits per heavy atom. The van der Waals surface area contributed by atoms with Crippen LogP contribution in [-0.2, 0) is 14.4 Å². The Hall–Kier alpha value is -2.04. The van der Waals surface area contributed by atoms with E-state index in [1.165, 1.54) is 173 Å². The molecule has 0 atom stereocenters. The Bertz CT molecular complexity index is 864. The summed E-state index contributed by atoms with van der Waals surface area (Å²) in [7, 11) is 0. The summed E-state index contributed by atoms with van der Waals surface area (Å²) in [6, 6.07) is 0. The van der Waals surface area contributed by atoms with Gasteiger partial charge in [-0.05, 0) is 96.3 Å². The zero-order valence-corrected chi connectivity index (χ0v) is 39.7. The number of hydrogen-bond acceptors (Lipinski definition) is 3. The first-order chi connectivity index (χ1) is 28.6. The van der Waals surface area contributed by atoms with Crippen LogP contribution in [0.4, 0.5) is 4.70 Å². The maximum atomic E-state index is 13.3. The van der Waals surface area contributed by atoms with Gasteiger partial charge in [-0.1, -0.05) is 211 Å². The Balaban J connectivity index is 0. The molecule has 0 saturated carbocycles. The second-order valence-corrected chi connectivity index (χ2v) is 17.5. The van der Waals surface area contributed by atoms with E-state index >= 15 is 0 Å². The molecule has 0 N–H and O–H groups in total. The molecule has 3 amide bonds. The predicted octanol–water partition coefficient (Wildman–Crippen LogP) is 18.1. The molecule has 5 heteroatoms. The fourth-order valence-electron chi connectivity index (χ4n) is 7.79. The maximum Gasteiger partial charge on any atom is 0.236 e. The first kappa shape index (κ1) is 59.1. The normalized spacial score (nSPS) is 11.6. The lowest BCUT2D eigenvalue weighted by atomic mass is 10.1. The van der Waals surface area contributed by atoms with E-state index < -0.39 is 0 Å². The van der Waals surface area contributed by atoms with Crippen molar-refractivity contribution in [2.75, 3.05) is 0 Å². The van der Waals surface area contributed by atoms with Crippen LogP contribution in [0, 0.1) is 0 Å². The molecule has 0 aliphatic heterocycles. The van der Waals surface area contributed by atoms with Crippen molar-refractivity contribution in [1.29, 1.82) is 0 Å². The van der Waals surface area contributed by atoms with E-state index in [1.54, 1.807) is 0 Å². The number of allylic oxidation sites excluding steroid dienone is 6. The molecule has 0 saturated heterocycles. The van der Waals surface area contributed by atoms with Crippen molar-refractivity contribution in [3.8, 4) is 0 Å². The van der Waals surface area contributed by atoms with Gasteiger partial charge >= 0.3 is 0 Å². The molecular weight excluding hydrogens is 730 g/mol. The molecule has 0 aromatic rings. The minimum atomic E-state index is -0.270. The summed E-state index contributed by atoms with van der Waals surface area (Å²) < 4.78 is 0. The van der Waals surface area contributed by atoms with Gasteiger partial charge in [-0.2, -0.15) is 0 Å². The van der Waals surface area contributed by atoms with E-state index in [9.17, 15) is 14.4 Å². The zero-order valence-electron chi connectivity index (χ0n) is 39.7. The summed E-state index contributed by atoms with van der Waals surface area (Å²) in [5.74, 6) is -0.811. The highest BCUT2D eigenvalue weighted by molar-refractivity contribution is 6.10. The number of carbonyl (C=O) groups excluding carboxylic acids is 3. The van der Waals surface area contributed by atoms with Gasteiger partial charge in [0.05, 0.1) is 0 Å². The lowest BCUT2D eigenvalue weighted by Gasteiger charge is -2.19. The van der Waals surface area contributed by atoms with Crippen LogP contribution < -0.4 is 0 Å². The number of amides is 3. The van der Waals surface area contributed by atoms with Crippen LogP contribution in [-0.4, -0.2) is 22.6 Å². The molecule has 4 nitrogen and oxygen atoms in total. The molecule has 0 unspecified atom stereocenters. The third-order valence-electron chi connectivity index (χ3n) is 11.7. The Kier molecular flexibility index (Phi) is 50.4. The highest BCUT2D eigenvalue weighted by atomic mass is 19.0. The molecule has 346 valence electrons. The second-order valence-electron chi connectivity index (χ2n) is 17.5. The van der Waals surface area contributed by atoms with Crippen LogP contribution in [0.3, 0.4) is 0 Å². The minimum Gasteiger partial charge on any atom is -0.274 e. The van der Waals surface area contributed by atoms with Crippen molar-refractivity contribution in [3.63, 3.8) is 0 Å². The molecule has 0 aliphatic carbocycles. The quantitative estimate of drug-likeness (QED) is 0.0454. The summed E-state index contributed by atoms with van der Waals surface area (Å²) in [5.41, 5.74) is 0. The maximum absolute atomic E-state index is 13.3. The lowest BCUT2D eigenvalue weighted by molar-refractivity contribution is -0.154. The number of halogens is 1. The molecule has 0 aliphatic rings. The highest BCUT2D eigenvalue weighted by Gasteiger charge is 2.27. The molecule has 59 heavy (non-hydrogen) atoms. The van der Waals surface area contributed by atoms with E-state index in [0.717, 1.165) is 81.9 Å². The molecular formula is C54H100FNO3. The van der Waals surface area contributed by atoms with E-state index in [4.69, 9.17) is 0 Å². The largest absolute Gasteiger partial charge is 0.274 e. The number of imide groups is 3. The number of unbranched alkanes of at least 4 members (excludes halogenated alkanes) is 33. The van der Waals surface area contributed by atoms with Crippen LogP contribution in [0.15, 0.2) is 36.5 Å². The smallest absolute Gasteiger partial charge is 0.236 e. The van der Waals surface area contributed by atoms with Crippen molar-refractivity contribution in [2.24, 2.45) is 0 Å². The van der Waals surface area contributed by atoms with Crippen molar-refractivity contribution in [1.82, 2.24) is 4.90 Å². The first-order valence-corrected chi connectivity index (χ1v) is 25.9. The molecule has 0 aromatic heterocycles. The Morgan fingerprint density at radius 2 is 0.441 bits per heavy atom. The van der Waals surface area contributed by atoms with Gasteiger partial charge < -0.3 is 0 Å². The summed E-state index contributed by atoms with van der Waals surface area (Å²) in [6.45, 7) is 6.80. The van der Waals surface area contributed by atoms with Crippen LogP contribution in [0.25, 0.3) is 0 Å². The first-order valence-electron chi connectivity index (χ1n) is 25.9. The van der Waals surface area contributed by atoms with Crippen LogP contribution in [0.2, 0.25) is 0 Å². The molecule has 0 bridgehead atoms. The van der Waals surface area contributed by atoms with Crippen molar-refractivity contribution < 1.29 is 19.1 Å². The highest BCUT2D eigenvalue weighted by Crippen LogP contribution is 2.17. The van der Waals surface area contributed by atoms with Crippen LogP contribution in [0.1, 0.15) is 290 Å². The molecule has 0 heterocycles. The third-order valence-corrected chi connectivity index (χ3v) is 11.7. The third kappa shape index (κ3) is 43.8. The SMILES string of the molecule is CCCCCCCCC=CCCCCCCCC(=O)N(C(=O)CCCCCCCC=CCCCCCCCC)C(=O)CCCCCCCC=CCCCCCCCC.F. The standard InChI is InChI=1S/C54H99NO3.FH/c1-4-7-10-13-16-19-22-25-28-31-34-37-40-43-46-49-52(56)55(53(57)50-47-44-41-38-35-32-29-26-23-20-17-14-11-8-5-2)54(58)51-48-45-42-39-36-33-30-27-24-21-18-15-12-9-6-3;/h25-30H,4-24,31-51H2,1-3H3;1H. The lowest BCUT2D eigenvalue weighted by Crippen LogP contribution is -2.41. The average molecular weight is 830 g/mol. The molecule has 0 radical (unpaired) electrons. The van der Waals surface area contributed by atoms with Gasteiger partial charge in [0.15, 0.2) is 0 Å². The van der Waals surface area contributed by atoms with Crippen molar-refractivity contribution >= 4 is 17.7 Å². The van der Waals surface area contributed by atoms with Gasteiger partial charge in [0.25, 0.3) is 0 Å². The average Bonchev–Trinajstić information content (AvgIpc) is 3.22. The summed E-state index contributed by atoms with van der Waals surface area (Å²) >= 11 is 0. The Morgan fingerprint density at radius 1 is 0.271 bits per heavy atom. The topological polar surface area (TPSA) is 54.5 Å². The van der Waals surface area contributed by atoms with Gasteiger partial charge in [0.1, 0.15) is 0 Å². The summed E-state index contributed by atoms with van der Waals surface area (Å²) in [6.07, 6.45) is 61.9. The van der Waals surface area contributed by atoms with E-state index in [1.807, 2.05) is 0 Å². The number of hydrogen-bond donors (Lipinski definition) is 0. The summed E-state index contributed by atoms with van der Waals surface area (Å²) in [4.78, 5) is 41.1. The fraction of sp³-hybridized carbons (Fsp3) is 0.833. The van der Waals surface area contributed by atoms with Gasteiger partial charge in [-0.25, -0.2) is 4.90 Å². The molecule has 0 rings (SSSR count). The van der Waals surface area contributed by atoms with Gasteiger partial charge in [0.2, 0.25) is 17.7 Å². The molecule has 0 spiro atoms.